The fraction of sp³-hybridized carbons (Fsp3) is 0.400. The average Bonchev–Trinajstić information content (AvgIpc) is 2.66. The van der Waals surface area contributed by atoms with E-state index in [4.69, 9.17) is 5.11 Å². The van der Waals surface area contributed by atoms with Crippen LogP contribution < -0.4 is 0 Å². The van der Waals surface area contributed by atoms with Crippen LogP contribution in [0, 0.1) is 0 Å². The molecule has 24 heavy (non-hydrogen) atoms. The number of hydrogen-bond acceptors (Lipinski definition) is 6. The predicted octanol–water partition coefficient (Wildman–Crippen LogP) is -0.214. The van der Waals surface area contributed by atoms with Gasteiger partial charge in [0.2, 0.25) is 0 Å². The Hall–Kier alpha value is -2.26. The molecule has 2 aliphatic heterocycles. The molecule has 1 amide bonds. The van der Waals surface area contributed by atoms with E-state index in [0.29, 0.717) is 11.3 Å². The van der Waals surface area contributed by atoms with Crippen LogP contribution in [-0.2, 0) is 26.0 Å². The van der Waals surface area contributed by atoms with E-state index in [1.807, 2.05) is 0 Å². The number of amides is 1. The quantitative estimate of drug-likeness (QED) is 0.569. The Morgan fingerprint density at radius 3 is 2.58 bits per heavy atom. The summed E-state index contributed by atoms with van der Waals surface area (Å²) in [6, 6.07) is 1.74. The Balaban J connectivity index is 2.04. The topological polar surface area (TPSA) is 125 Å². The van der Waals surface area contributed by atoms with Gasteiger partial charge in [-0.05, 0) is 31.6 Å². The normalized spacial score (nSPS) is 28.5. The van der Waals surface area contributed by atoms with E-state index in [2.05, 4.69) is 4.98 Å². The summed E-state index contributed by atoms with van der Waals surface area (Å²) < 4.78 is 23.8. The lowest BCUT2D eigenvalue weighted by molar-refractivity contribution is -0.152. The van der Waals surface area contributed by atoms with Gasteiger partial charge in [0.25, 0.3) is 5.91 Å². The monoisotopic (exact) mass is 352 g/mol. The summed E-state index contributed by atoms with van der Waals surface area (Å²) in [7, 11) is -3.89. The molecule has 8 nitrogen and oxygen atoms in total. The van der Waals surface area contributed by atoms with Crippen LogP contribution in [0.25, 0.3) is 6.08 Å². The number of β-lactam (4-membered cyclic amide) rings is 1. The highest BCUT2D eigenvalue weighted by molar-refractivity contribution is 7.94. The van der Waals surface area contributed by atoms with Gasteiger partial charge in [0.1, 0.15) is 4.75 Å². The minimum atomic E-state index is -3.89. The Morgan fingerprint density at radius 2 is 2.08 bits per heavy atom. The van der Waals surface area contributed by atoms with Gasteiger partial charge in [-0.1, -0.05) is 6.07 Å². The molecule has 2 atom stereocenters. The van der Waals surface area contributed by atoms with Crippen molar-refractivity contribution in [1.82, 2.24) is 9.88 Å². The fourth-order valence-electron chi connectivity index (χ4n) is 3.12. The molecule has 1 aromatic heterocycles. The van der Waals surface area contributed by atoms with Crippen molar-refractivity contribution in [2.45, 2.75) is 36.6 Å². The summed E-state index contributed by atoms with van der Waals surface area (Å²) in [5.74, 6) is -1.96. The van der Waals surface area contributed by atoms with Crippen molar-refractivity contribution >= 4 is 27.8 Å². The number of fused-ring (bicyclic) bond motifs is 1. The lowest BCUT2D eigenvalue weighted by Crippen LogP contribution is -2.58. The molecular weight excluding hydrogens is 336 g/mol. The van der Waals surface area contributed by atoms with E-state index in [1.54, 1.807) is 12.1 Å². The first-order valence-electron chi connectivity index (χ1n) is 7.19. The number of carbonyl (C=O) groups is 2. The van der Waals surface area contributed by atoms with Gasteiger partial charge in [-0.25, -0.2) is 13.2 Å². The minimum absolute atomic E-state index is 0.0103. The number of carboxylic acid groups (broad SMARTS) is 1. The molecule has 9 heteroatoms. The third-order valence-electron chi connectivity index (χ3n) is 4.53. The molecule has 2 saturated heterocycles. The average molecular weight is 352 g/mol. The molecule has 1 aromatic rings. The SMILES string of the molecule is CC1(C)[C@H](C(=O)O)N2C(=O)/C(=C/c3ccc(CO)cn3)C2S1(=O)=O. The number of carboxylic acids is 1. The number of hydrogen-bond donors (Lipinski definition) is 2. The number of nitrogens with zero attached hydrogens (tertiary/aromatic N) is 2. The van der Waals surface area contributed by atoms with Crippen LogP contribution in [-0.4, -0.2) is 56.6 Å². The number of aliphatic carboxylic acids is 1. The number of aromatic nitrogens is 1. The second-order valence-electron chi connectivity index (χ2n) is 6.30. The number of aliphatic hydroxyl groups excluding tert-OH is 1. The van der Waals surface area contributed by atoms with Gasteiger partial charge in [-0.3, -0.25) is 9.78 Å². The number of carbonyl (C=O) groups excluding carboxylic acids is 1. The molecule has 0 aromatic carbocycles. The molecule has 2 aliphatic rings. The van der Waals surface area contributed by atoms with Crippen molar-refractivity contribution in [3.05, 3.63) is 35.2 Å². The second kappa shape index (κ2) is 5.12. The lowest BCUT2D eigenvalue weighted by Gasteiger charge is -2.37. The molecule has 3 heterocycles. The highest BCUT2D eigenvalue weighted by Gasteiger charge is 2.70. The van der Waals surface area contributed by atoms with E-state index < -0.39 is 37.9 Å². The van der Waals surface area contributed by atoms with Crippen molar-refractivity contribution in [3.8, 4) is 0 Å². The first-order chi connectivity index (χ1) is 11.1. The van der Waals surface area contributed by atoms with Gasteiger partial charge in [0, 0.05) is 6.20 Å². The summed E-state index contributed by atoms with van der Waals surface area (Å²) in [5.41, 5.74) is 0.956. The Labute approximate surface area is 138 Å². The maximum Gasteiger partial charge on any atom is 0.328 e. The van der Waals surface area contributed by atoms with Gasteiger partial charge in [0.05, 0.1) is 17.9 Å². The van der Waals surface area contributed by atoms with Crippen molar-refractivity contribution < 1.29 is 28.2 Å². The maximum absolute atomic E-state index is 12.7. The Bertz CT molecular complexity index is 856. The third-order valence-corrected chi connectivity index (χ3v) is 7.29. The molecule has 2 fully saturated rings. The van der Waals surface area contributed by atoms with Crippen LogP contribution in [0.15, 0.2) is 23.9 Å². The van der Waals surface area contributed by atoms with E-state index in [0.717, 1.165) is 4.90 Å². The Morgan fingerprint density at radius 1 is 1.42 bits per heavy atom. The summed E-state index contributed by atoms with van der Waals surface area (Å²) in [6.45, 7) is 2.46. The zero-order valence-corrected chi connectivity index (χ0v) is 13.8. The van der Waals surface area contributed by atoms with Crippen molar-refractivity contribution in [2.75, 3.05) is 0 Å². The number of rotatable bonds is 3. The second-order valence-corrected chi connectivity index (χ2v) is 8.89. The highest BCUT2D eigenvalue weighted by Crippen LogP contribution is 2.48. The number of aliphatic hydroxyl groups is 1. The van der Waals surface area contributed by atoms with E-state index >= 15 is 0 Å². The molecule has 0 bridgehead atoms. The fourth-order valence-corrected chi connectivity index (χ4v) is 5.24. The maximum atomic E-state index is 12.7. The zero-order valence-electron chi connectivity index (χ0n) is 13.0. The molecule has 0 radical (unpaired) electrons. The van der Waals surface area contributed by atoms with E-state index in [-0.39, 0.29) is 12.2 Å². The summed E-state index contributed by atoms with van der Waals surface area (Å²) in [4.78, 5) is 28.7. The first kappa shape index (κ1) is 16.6. The van der Waals surface area contributed by atoms with Crippen LogP contribution >= 0.6 is 0 Å². The molecule has 128 valence electrons. The highest BCUT2D eigenvalue weighted by atomic mass is 32.2. The molecule has 0 saturated carbocycles. The first-order valence-corrected chi connectivity index (χ1v) is 8.74. The number of sulfone groups is 1. The third kappa shape index (κ3) is 2.01. The zero-order chi connectivity index (χ0) is 17.9. The van der Waals surface area contributed by atoms with Gasteiger partial charge in [-0.2, -0.15) is 0 Å². The van der Waals surface area contributed by atoms with Crippen LogP contribution in [0.4, 0.5) is 0 Å². The molecule has 1 unspecified atom stereocenters. The molecular formula is C15H16N2O6S. The van der Waals surface area contributed by atoms with Gasteiger partial charge < -0.3 is 15.1 Å². The molecule has 0 aliphatic carbocycles. The van der Waals surface area contributed by atoms with Crippen molar-refractivity contribution in [3.63, 3.8) is 0 Å². The lowest BCUT2D eigenvalue weighted by atomic mass is 9.95. The van der Waals surface area contributed by atoms with Crippen LogP contribution in [0.5, 0.6) is 0 Å². The standard InChI is InChI=1S/C15H16N2O6S/c1-15(2)11(14(20)21)17-12(19)10(13(17)24(15,22)23)5-9-4-3-8(7-18)6-16-9/h3-6,11,13,18H,7H2,1-2H3,(H,20,21)/b10-5-/t11-,13?/m0/s1. The van der Waals surface area contributed by atoms with E-state index in [9.17, 15) is 23.1 Å². The smallest absolute Gasteiger partial charge is 0.328 e. The van der Waals surface area contributed by atoms with Gasteiger partial charge in [0.15, 0.2) is 21.3 Å². The predicted molar refractivity (Wildman–Crippen MR) is 83.2 cm³/mol. The largest absolute Gasteiger partial charge is 0.480 e. The van der Waals surface area contributed by atoms with Gasteiger partial charge >= 0.3 is 5.97 Å². The summed E-state index contributed by atoms with van der Waals surface area (Å²) >= 11 is 0. The molecule has 0 spiro atoms. The van der Waals surface area contributed by atoms with E-state index in [1.165, 1.54) is 26.1 Å². The molecule has 3 rings (SSSR count). The number of pyridine rings is 1. The minimum Gasteiger partial charge on any atom is -0.480 e. The van der Waals surface area contributed by atoms with Crippen LogP contribution in [0.1, 0.15) is 25.1 Å². The molecule has 2 N–H and O–H groups in total. The van der Waals surface area contributed by atoms with Crippen LogP contribution in [0.2, 0.25) is 0 Å². The van der Waals surface area contributed by atoms with Crippen molar-refractivity contribution in [1.29, 1.82) is 0 Å². The van der Waals surface area contributed by atoms with Crippen LogP contribution in [0.3, 0.4) is 0 Å². The summed E-state index contributed by atoms with van der Waals surface area (Å²) in [5, 5.41) is 17.1. The van der Waals surface area contributed by atoms with Gasteiger partial charge in [-0.15, -0.1) is 0 Å². The van der Waals surface area contributed by atoms with Crippen molar-refractivity contribution in [2.24, 2.45) is 0 Å². The summed E-state index contributed by atoms with van der Waals surface area (Å²) in [6.07, 6.45) is 2.77. The Kier molecular flexibility index (Phi) is 3.54.